The number of carbonyl (C=O) groups is 4. The van der Waals surface area contributed by atoms with Gasteiger partial charge in [-0.15, -0.1) is 0 Å². The van der Waals surface area contributed by atoms with E-state index in [1.807, 2.05) is 20.8 Å². The number of carboxylic acid groups (broad SMARTS) is 1. The average molecular weight is 644 g/mol. The number of hydrogen-bond donors (Lipinski definition) is 2. The van der Waals surface area contributed by atoms with Crippen LogP contribution < -0.4 is 14.8 Å². The first-order valence-corrected chi connectivity index (χ1v) is 17.7. The number of rotatable bonds is 21. The Labute approximate surface area is 277 Å². The number of aliphatic carboxylic acids is 1. The molecule has 8 nitrogen and oxygen atoms in total. The van der Waals surface area contributed by atoms with Crippen molar-refractivity contribution in [3.8, 4) is 11.5 Å². The lowest BCUT2D eigenvalue weighted by atomic mass is 9.83. The van der Waals surface area contributed by atoms with Gasteiger partial charge in [-0.05, 0) is 94.2 Å². The van der Waals surface area contributed by atoms with E-state index >= 15 is 0 Å². The molecule has 4 atom stereocenters. The van der Waals surface area contributed by atoms with Gasteiger partial charge in [0.2, 0.25) is 5.91 Å². The minimum absolute atomic E-state index is 0.000308. The molecule has 1 aromatic carbocycles. The minimum Gasteiger partial charge on any atom is -0.487 e. The van der Waals surface area contributed by atoms with Gasteiger partial charge in [0.25, 0.3) is 0 Å². The molecule has 0 bridgehead atoms. The Hall–Kier alpha value is -2.90. The van der Waals surface area contributed by atoms with Crippen LogP contribution in [0.2, 0.25) is 0 Å². The fourth-order valence-corrected chi connectivity index (χ4v) is 6.55. The van der Waals surface area contributed by atoms with Crippen molar-refractivity contribution in [2.24, 2.45) is 17.8 Å². The first-order chi connectivity index (χ1) is 21.7. The van der Waals surface area contributed by atoms with E-state index in [9.17, 15) is 24.3 Å². The van der Waals surface area contributed by atoms with E-state index in [0.29, 0.717) is 12.0 Å². The van der Waals surface area contributed by atoms with Gasteiger partial charge in [-0.1, -0.05) is 72.6 Å². The molecule has 46 heavy (non-hydrogen) atoms. The number of fused-ring (bicyclic) bond motifs is 1. The van der Waals surface area contributed by atoms with Gasteiger partial charge < -0.3 is 24.7 Å². The Morgan fingerprint density at radius 2 is 1.50 bits per heavy atom. The Balaban J connectivity index is 1.89. The molecule has 1 amide bonds. The van der Waals surface area contributed by atoms with Crippen molar-refractivity contribution >= 4 is 24.1 Å². The van der Waals surface area contributed by atoms with Gasteiger partial charge in [0.05, 0.1) is 6.42 Å². The topological polar surface area (TPSA) is 119 Å². The maximum atomic E-state index is 12.7. The van der Waals surface area contributed by atoms with Crippen LogP contribution in [0.5, 0.6) is 11.5 Å². The molecule has 8 heteroatoms. The number of amides is 1. The van der Waals surface area contributed by atoms with Crippen LogP contribution in [0.4, 0.5) is 0 Å². The molecule has 1 aliphatic rings. The van der Waals surface area contributed by atoms with Crippen LogP contribution in [0.25, 0.3) is 0 Å². The number of aldehydes is 1. The standard InChI is InChI=1S/C38H61NO7/c1-25(2)13-9-14-26(3)15-10-16-27(4)17-11-22-38(8)23-21-31-30(7)35(28(5)29(6)36(31)46-38)45-34(42)20-19-33(41)39-32(37(43)44)18-12-24-40/h24-27,32H,9-23H2,1-8H3,(H,39,41)(H,43,44)/t26-,27+,32+,38-/m1/s1. The Morgan fingerprint density at radius 1 is 0.891 bits per heavy atom. The third kappa shape index (κ3) is 12.7. The number of esters is 1. The molecule has 1 aliphatic heterocycles. The van der Waals surface area contributed by atoms with Gasteiger partial charge in [0, 0.05) is 18.4 Å². The van der Waals surface area contributed by atoms with Crippen LogP contribution in [-0.4, -0.2) is 40.9 Å². The summed E-state index contributed by atoms with van der Waals surface area (Å²) in [6.45, 7) is 17.5. The zero-order valence-corrected chi connectivity index (χ0v) is 29.9. The average Bonchev–Trinajstić information content (AvgIpc) is 2.98. The zero-order valence-electron chi connectivity index (χ0n) is 29.9. The van der Waals surface area contributed by atoms with E-state index in [4.69, 9.17) is 9.47 Å². The second-order valence-corrected chi connectivity index (χ2v) is 14.6. The summed E-state index contributed by atoms with van der Waals surface area (Å²) in [6.07, 6.45) is 13.3. The first kappa shape index (κ1) is 39.3. The van der Waals surface area contributed by atoms with Crippen molar-refractivity contribution in [1.82, 2.24) is 5.32 Å². The van der Waals surface area contributed by atoms with E-state index in [1.54, 1.807) is 0 Å². The van der Waals surface area contributed by atoms with Crippen LogP contribution in [0.15, 0.2) is 0 Å². The smallest absolute Gasteiger partial charge is 0.326 e. The maximum Gasteiger partial charge on any atom is 0.326 e. The van der Waals surface area contributed by atoms with Crippen LogP contribution in [-0.2, 0) is 25.6 Å². The summed E-state index contributed by atoms with van der Waals surface area (Å²) in [5.74, 6) is 1.40. The van der Waals surface area contributed by atoms with E-state index in [1.165, 1.54) is 44.9 Å². The lowest BCUT2D eigenvalue weighted by Crippen LogP contribution is -2.41. The highest BCUT2D eigenvalue weighted by molar-refractivity contribution is 5.86. The highest BCUT2D eigenvalue weighted by Gasteiger charge is 2.35. The fourth-order valence-electron chi connectivity index (χ4n) is 6.55. The second-order valence-electron chi connectivity index (χ2n) is 14.6. The Morgan fingerprint density at radius 3 is 2.09 bits per heavy atom. The van der Waals surface area contributed by atoms with Crippen molar-refractivity contribution in [3.63, 3.8) is 0 Å². The molecular formula is C38H61NO7. The van der Waals surface area contributed by atoms with Crippen molar-refractivity contribution in [2.45, 2.75) is 163 Å². The van der Waals surface area contributed by atoms with Crippen LogP contribution in [0, 0.1) is 38.5 Å². The zero-order chi connectivity index (χ0) is 34.4. The van der Waals surface area contributed by atoms with Gasteiger partial charge in [-0.3, -0.25) is 9.59 Å². The van der Waals surface area contributed by atoms with E-state index in [2.05, 4.69) is 39.9 Å². The SMILES string of the molecule is Cc1c(C)c2c(c(C)c1OC(=O)CCC(=O)N[C@@H](CCC=O)C(=O)O)CC[C@@](C)(CCC[C@@H](C)CCC[C@H](C)CCCC(C)C)O2. The number of carboxylic acids is 1. The number of carbonyl (C=O) groups excluding carboxylic acids is 3. The highest BCUT2D eigenvalue weighted by atomic mass is 16.5. The number of hydrogen-bond acceptors (Lipinski definition) is 6. The van der Waals surface area contributed by atoms with Crippen LogP contribution >= 0.6 is 0 Å². The third-order valence-electron chi connectivity index (χ3n) is 9.82. The van der Waals surface area contributed by atoms with E-state index in [0.717, 1.165) is 71.4 Å². The second kappa shape index (κ2) is 19.0. The summed E-state index contributed by atoms with van der Waals surface area (Å²) in [7, 11) is 0. The third-order valence-corrected chi connectivity index (χ3v) is 9.82. The molecule has 1 aromatic rings. The van der Waals surface area contributed by atoms with Crippen molar-refractivity contribution in [1.29, 1.82) is 0 Å². The summed E-state index contributed by atoms with van der Waals surface area (Å²) in [5, 5.41) is 11.6. The molecule has 0 aromatic heterocycles. The largest absolute Gasteiger partial charge is 0.487 e. The molecule has 260 valence electrons. The van der Waals surface area contributed by atoms with Gasteiger partial charge in [0.1, 0.15) is 29.4 Å². The van der Waals surface area contributed by atoms with Gasteiger partial charge in [-0.2, -0.15) is 0 Å². The predicted octanol–water partition coefficient (Wildman–Crippen LogP) is 8.37. The lowest BCUT2D eigenvalue weighted by Gasteiger charge is -2.38. The molecule has 2 rings (SSSR count). The summed E-state index contributed by atoms with van der Waals surface area (Å²) in [4.78, 5) is 46.9. The molecule has 0 unspecified atom stereocenters. The first-order valence-electron chi connectivity index (χ1n) is 17.7. The number of nitrogens with one attached hydrogen (secondary N) is 1. The van der Waals surface area contributed by atoms with Crippen LogP contribution in [0.1, 0.15) is 147 Å². The molecule has 0 radical (unpaired) electrons. The molecule has 0 spiro atoms. The summed E-state index contributed by atoms with van der Waals surface area (Å²) in [6, 6.07) is -1.17. The highest BCUT2D eigenvalue weighted by Crippen LogP contribution is 2.45. The number of benzene rings is 1. The summed E-state index contributed by atoms with van der Waals surface area (Å²) < 4.78 is 12.5. The van der Waals surface area contributed by atoms with Crippen molar-refractivity contribution in [3.05, 3.63) is 22.3 Å². The molecule has 2 N–H and O–H groups in total. The molecule has 0 fully saturated rings. The summed E-state index contributed by atoms with van der Waals surface area (Å²) in [5.41, 5.74) is 3.51. The van der Waals surface area contributed by atoms with Gasteiger partial charge in [0.15, 0.2) is 0 Å². The fraction of sp³-hybridized carbons (Fsp3) is 0.737. The maximum absolute atomic E-state index is 12.7. The lowest BCUT2D eigenvalue weighted by molar-refractivity contribution is -0.142. The van der Waals surface area contributed by atoms with Crippen molar-refractivity contribution in [2.75, 3.05) is 0 Å². The van der Waals surface area contributed by atoms with Gasteiger partial charge in [-0.25, -0.2) is 4.79 Å². The quantitative estimate of drug-likeness (QED) is 0.0785. The summed E-state index contributed by atoms with van der Waals surface area (Å²) >= 11 is 0. The molecule has 1 heterocycles. The number of ether oxygens (including phenoxy) is 2. The van der Waals surface area contributed by atoms with E-state index < -0.39 is 23.9 Å². The minimum atomic E-state index is -1.22. The normalized spacial score (nSPS) is 17.8. The van der Waals surface area contributed by atoms with Gasteiger partial charge >= 0.3 is 11.9 Å². The molecule has 0 saturated heterocycles. The molecule has 0 saturated carbocycles. The Kier molecular flexibility index (Phi) is 16.3. The monoisotopic (exact) mass is 643 g/mol. The van der Waals surface area contributed by atoms with Crippen molar-refractivity contribution < 1.29 is 33.8 Å². The Bertz CT molecular complexity index is 1180. The van der Waals surface area contributed by atoms with E-state index in [-0.39, 0.29) is 31.3 Å². The molecular weight excluding hydrogens is 582 g/mol. The predicted molar refractivity (Wildman–Crippen MR) is 182 cm³/mol. The molecule has 0 aliphatic carbocycles. The van der Waals surface area contributed by atoms with Crippen LogP contribution in [0.3, 0.4) is 0 Å².